The van der Waals surface area contributed by atoms with E-state index in [4.69, 9.17) is 9.26 Å². The smallest absolute Gasteiger partial charge is 0.306 e. The van der Waals surface area contributed by atoms with Gasteiger partial charge in [0.05, 0.1) is 10.2 Å². The Kier molecular flexibility index (Phi) is 6.24. The minimum atomic E-state index is -0.449. The van der Waals surface area contributed by atoms with Gasteiger partial charge in [-0.3, -0.25) is 9.59 Å². The molecule has 7 nitrogen and oxygen atoms in total. The second-order valence-corrected chi connectivity index (χ2v) is 7.80. The molecule has 2 heterocycles. The summed E-state index contributed by atoms with van der Waals surface area (Å²) in [5.41, 5.74) is 0.993. The third-order valence-electron chi connectivity index (χ3n) is 3.28. The van der Waals surface area contributed by atoms with Gasteiger partial charge >= 0.3 is 5.97 Å². The maximum atomic E-state index is 11.7. The van der Waals surface area contributed by atoms with E-state index in [-0.39, 0.29) is 13.0 Å². The number of fused-ring (bicyclic) bond motifs is 1. The SMILES string of the molecule is Cc1cc(NC(=O)COC(=O)CCCSc2nc3ccccc3s2)no1. The van der Waals surface area contributed by atoms with Crippen LogP contribution in [-0.2, 0) is 14.3 Å². The molecule has 0 aliphatic carbocycles. The summed E-state index contributed by atoms with van der Waals surface area (Å²) in [7, 11) is 0. The van der Waals surface area contributed by atoms with E-state index in [1.54, 1.807) is 36.1 Å². The maximum absolute atomic E-state index is 11.7. The number of ether oxygens (including phenoxy) is 1. The van der Waals surface area contributed by atoms with Crippen LogP contribution in [0.2, 0.25) is 0 Å². The van der Waals surface area contributed by atoms with Crippen LogP contribution >= 0.6 is 23.1 Å². The molecule has 0 unspecified atom stereocenters. The Morgan fingerprint density at radius 2 is 2.19 bits per heavy atom. The van der Waals surface area contributed by atoms with Crippen molar-refractivity contribution in [3.05, 3.63) is 36.1 Å². The van der Waals surface area contributed by atoms with Crippen LogP contribution in [0.25, 0.3) is 10.2 Å². The highest BCUT2D eigenvalue weighted by molar-refractivity contribution is 8.01. The minimum Gasteiger partial charge on any atom is -0.456 e. The molecule has 1 amide bonds. The van der Waals surface area contributed by atoms with Crippen LogP contribution in [0, 0.1) is 6.92 Å². The monoisotopic (exact) mass is 391 g/mol. The standard InChI is InChI=1S/C17H17N3O4S2/c1-11-9-14(20-24-11)19-15(21)10-23-16(22)7-4-8-25-17-18-12-5-2-3-6-13(12)26-17/h2-3,5-6,9H,4,7-8,10H2,1H3,(H,19,20,21). The van der Waals surface area contributed by atoms with Crippen molar-refractivity contribution < 1.29 is 18.8 Å². The average Bonchev–Trinajstić information content (AvgIpc) is 3.22. The Morgan fingerprint density at radius 1 is 1.35 bits per heavy atom. The second kappa shape index (κ2) is 8.81. The van der Waals surface area contributed by atoms with Crippen molar-refractivity contribution in [2.75, 3.05) is 17.7 Å². The minimum absolute atomic E-state index is 0.258. The maximum Gasteiger partial charge on any atom is 0.306 e. The molecule has 26 heavy (non-hydrogen) atoms. The Bertz CT molecular complexity index is 873. The molecule has 0 bridgehead atoms. The van der Waals surface area contributed by atoms with Crippen molar-refractivity contribution in [2.24, 2.45) is 0 Å². The number of amides is 1. The molecule has 136 valence electrons. The summed E-state index contributed by atoms with van der Waals surface area (Å²) >= 11 is 3.26. The number of nitrogens with zero attached hydrogens (tertiary/aromatic N) is 2. The number of hydrogen-bond acceptors (Lipinski definition) is 8. The zero-order valence-corrected chi connectivity index (χ0v) is 15.7. The summed E-state index contributed by atoms with van der Waals surface area (Å²) < 4.78 is 11.9. The number of thiazole rings is 1. The highest BCUT2D eigenvalue weighted by Crippen LogP contribution is 2.29. The molecule has 3 aromatic rings. The number of hydrogen-bond donors (Lipinski definition) is 1. The molecule has 3 rings (SSSR count). The number of para-hydroxylation sites is 1. The van der Waals surface area contributed by atoms with E-state index >= 15 is 0 Å². The fraction of sp³-hybridized carbons (Fsp3) is 0.294. The van der Waals surface area contributed by atoms with Gasteiger partial charge in [-0.1, -0.05) is 29.1 Å². The predicted octanol–water partition coefficient (Wildman–Crippen LogP) is 3.65. The highest BCUT2D eigenvalue weighted by atomic mass is 32.2. The van der Waals surface area contributed by atoms with Crippen molar-refractivity contribution in [2.45, 2.75) is 24.1 Å². The first-order valence-corrected chi connectivity index (χ1v) is 9.77. The number of aryl methyl sites for hydroxylation is 1. The molecule has 0 saturated heterocycles. The van der Waals surface area contributed by atoms with Crippen LogP contribution in [-0.4, -0.2) is 34.4 Å². The number of carbonyl (C=O) groups excluding carboxylic acids is 2. The Balaban J connectivity index is 1.32. The van der Waals surface area contributed by atoms with Crippen LogP contribution in [0.3, 0.4) is 0 Å². The van der Waals surface area contributed by atoms with Gasteiger partial charge in [-0.25, -0.2) is 4.98 Å². The average molecular weight is 391 g/mol. The first kappa shape index (κ1) is 18.4. The van der Waals surface area contributed by atoms with E-state index in [1.165, 1.54) is 0 Å². The van der Waals surface area contributed by atoms with Crippen molar-refractivity contribution in [1.29, 1.82) is 0 Å². The fourth-order valence-corrected chi connectivity index (χ4v) is 4.19. The Labute approximate surface area is 158 Å². The predicted molar refractivity (Wildman–Crippen MR) is 100 cm³/mol. The molecule has 0 saturated carbocycles. The van der Waals surface area contributed by atoms with Crippen molar-refractivity contribution in [3.8, 4) is 0 Å². The molecular formula is C17H17N3O4S2. The summed E-state index contributed by atoms with van der Waals surface area (Å²) in [4.78, 5) is 27.9. The van der Waals surface area contributed by atoms with Gasteiger partial charge in [0.2, 0.25) is 0 Å². The highest BCUT2D eigenvalue weighted by Gasteiger charge is 2.10. The van der Waals surface area contributed by atoms with E-state index in [9.17, 15) is 9.59 Å². The van der Waals surface area contributed by atoms with Crippen LogP contribution in [0.15, 0.2) is 39.2 Å². The van der Waals surface area contributed by atoms with Gasteiger partial charge in [-0.05, 0) is 25.5 Å². The zero-order chi connectivity index (χ0) is 18.4. The Hall–Kier alpha value is -2.39. The first-order valence-electron chi connectivity index (χ1n) is 7.97. The molecule has 2 aromatic heterocycles. The van der Waals surface area contributed by atoms with Crippen molar-refractivity contribution in [1.82, 2.24) is 10.1 Å². The van der Waals surface area contributed by atoms with Crippen LogP contribution in [0.1, 0.15) is 18.6 Å². The molecule has 0 radical (unpaired) electrons. The van der Waals surface area contributed by atoms with Gasteiger partial charge in [0.1, 0.15) is 5.76 Å². The third-order valence-corrected chi connectivity index (χ3v) is 5.55. The van der Waals surface area contributed by atoms with E-state index in [0.29, 0.717) is 18.0 Å². The second-order valence-electron chi connectivity index (χ2n) is 5.43. The molecule has 0 spiro atoms. The number of aromatic nitrogens is 2. The van der Waals surface area contributed by atoms with E-state index < -0.39 is 11.9 Å². The Morgan fingerprint density at radius 3 is 2.96 bits per heavy atom. The van der Waals surface area contributed by atoms with Crippen LogP contribution < -0.4 is 5.32 Å². The molecule has 1 N–H and O–H groups in total. The summed E-state index contributed by atoms with van der Waals surface area (Å²) in [5, 5.41) is 6.12. The summed E-state index contributed by atoms with van der Waals surface area (Å²) in [6.07, 6.45) is 0.914. The number of thioether (sulfide) groups is 1. The van der Waals surface area contributed by atoms with Crippen molar-refractivity contribution >= 4 is 51.0 Å². The topological polar surface area (TPSA) is 94.3 Å². The summed E-state index contributed by atoms with van der Waals surface area (Å²) in [6, 6.07) is 9.56. The lowest BCUT2D eigenvalue weighted by Gasteiger charge is -2.04. The lowest BCUT2D eigenvalue weighted by atomic mass is 10.3. The lowest BCUT2D eigenvalue weighted by Crippen LogP contribution is -2.21. The van der Waals surface area contributed by atoms with Gasteiger partial charge in [0.15, 0.2) is 16.8 Å². The molecular weight excluding hydrogens is 374 g/mol. The molecule has 0 fully saturated rings. The number of carbonyl (C=O) groups is 2. The number of nitrogens with one attached hydrogen (secondary N) is 1. The first-order chi connectivity index (χ1) is 12.6. The zero-order valence-electron chi connectivity index (χ0n) is 14.1. The number of rotatable bonds is 8. The number of benzene rings is 1. The van der Waals surface area contributed by atoms with E-state index in [2.05, 4.69) is 15.5 Å². The number of esters is 1. The summed E-state index contributed by atoms with van der Waals surface area (Å²) in [6.45, 7) is 1.38. The van der Waals surface area contributed by atoms with Gasteiger partial charge in [0.25, 0.3) is 5.91 Å². The van der Waals surface area contributed by atoms with E-state index in [0.717, 1.165) is 20.3 Å². The van der Waals surface area contributed by atoms with Crippen LogP contribution in [0.4, 0.5) is 5.82 Å². The van der Waals surface area contributed by atoms with Gasteiger partial charge in [-0.15, -0.1) is 11.3 Å². The molecule has 0 atom stereocenters. The van der Waals surface area contributed by atoms with Gasteiger partial charge in [0, 0.05) is 18.2 Å². The quantitative estimate of drug-likeness (QED) is 0.356. The van der Waals surface area contributed by atoms with Crippen molar-refractivity contribution in [3.63, 3.8) is 0 Å². The summed E-state index contributed by atoms with van der Waals surface area (Å²) in [5.74, 6) is 0.801. The lowest BCUT2D eigenvalue weighted by molar-refractivity contribution is -0.147. The molecule has 0 aliphatic heterocycles. The molecule has 0 aliphatic rings. The molecule has 9 heteroatoms. The number of anilines is 1. The normalized spacial score (nSPS) is 10.8. The van der Waals surface area contributed by atoms with Gasteiger partial charge in [-0.2, -0.15) is 0 Å². The van der Waals surface area contributed by atoms with Gasteiger partial charge < -0.3 is 14.6 Å². The fourth-order valence-electron chi connectivity index (χ4n) is 2.11. The third kappa shape index (κ3) is 5.30. The van der Waals surface area contributed by atoms with Crippen LogP contribution in [0.5, 0.6) is 0 Å². The van der Waals surface area contributed by atoms with E-state index in [1.807, 2.05) is 24.3 Å². The largest absolute Gasteiger partial charge is 0.456 e. The molecule has 1 aromatic carbocycles.